The second-order valence-corrected chi connectivity index (χ2v) is 5.27. The minimum absolute atomic E-state index is 0.137. The minimum Gasteiger partial charge on any atom is -0.480 e. The highest BCUT2D eigenvalue weighted by Crippen LogP contribution is 2.44. The van der Waals surface area contributed by atoms with Crippen molar-refractivity contribution in [3.63, 3.8) is 0 Å². The molecule has 1 rings (SSSR count). The second kappa shape index (κ2) is 4.06. The van der Waals surface area contributed by atoms with Crippen LogP contribution < -0.4 is 0 Å². The lowest BCUT2D eigenvalue weighted by Gasteiger charge is -2.06. The lowest BCUT2D eigenvalue weighted by Crippen LogP contribution is -2.31. The fourth-order valence-corrected chi connectivity index (χ4v) is 3.86. The average Bonchev–Trinajstić information content (AvgIpc) is 2.47. The summed E-state index contributed by atoms with van der Waals surface area (Å²) in [5.74, 6) is -2.15. The molecule has 0 saturated carbocycles. The van der Waals surface area contributed by atoms with Crippen molar-refractivity contribution >= 4 is 35.5 Å². The van der Waals surface area contributed by atoms with Crippen LogP contribution in [0.5, 0.6) is 0 Å². The fourth-order valence-electron chi connectivity index (χ4n) is 0.950. The quantitative estimate of drug-likeness (QED) is 0.688. The van der Waals surface area contributed by atoms with E-state index in [1.807, 2.05) is 0 Å². The number of carboxylic acid groups (broad SMARTS) is 2. The van der Waals surface area contributed by atoms with Crippen LogP contribution >= 0.6 is 23.5 Å². The number of carbonyl (C=O) groups is 2. The van der Waals surface area contributed by atoms with Crippen molar-refractivity contribution in [2.24, 2.45) is 0 Å². The number of hydrogen-bond donors (Lipinski definition) is 2. The van der Waals surface area contributed by atoms with Crippen LogP contribution in [-0.2, 0) is 9.59 Å². The Morgan fingerprint density at radius 2 is 1.54 bits per heavy atom. The van der Waals surface area contributed by atoms with Gasteiger partial charge in [-0.05, 0) is 0 Å². The van der Waals surface area contributed by atoms with E-state index in [4.69, 9.17) is 10.2 Å². The molecule has 1 fully saturated rings. The van der Waals surface area contributed by atoms with Crippen LogP contribution in [-0.4, -0.2) is 37.2 Å². The average molecular weight is 220 g/mol. The summed E-state index contributed by atoms with van der Waals surface area (Å²) in [5.41, 5.74) is 0. The Morgan fingerprint density at radius 1 is 1.15 bits per heavy atom. The standard InChI is InChI=1S/C7H8O4S2/c1-2-3-12-4(6(8)9)5(13-3)7(10)11/h2-5H,1H2,(H,8,9)(H,10,11)/t3?,4-,5+. The number of carboxylic acids is 2. The van der Waals surface area contributed by atoms with E-state index in [9.17, 15) is 9.59 Å². The topological polar surface area (TPSA) is 74.6 Å². The molecule has 1 saturated heterocycles. The van der Waals surface area contributed by atoms with Gasteiger partial charge in [0, 0.05) is 0 Å². The van der Waals surface area contributed by atoms with Crippen molar-refractivity contribution in [1.82, 2.24) is 0 Å². The van der Waals surface area contributed by atoms with E-state index < -0.39 is 22.4 Å². The maximum absolute atomic E-state index is 10.6. The van der Waals surface area contributed by atoms with Crippen LogP contribution in [0.3, 0.4) is 0 Å². The van der Waals surface area contributed by atoms with Crippen molar-refractivity contribution in [3.8, 4) is 0 Å². The number of thioether (sulfide) groups is 2. The van der Waals surface area contributed by atoms with Gasteiger partial charge in [-0.15, -0.1) is 30.1 Å². The van der Waals surface area contributed by atoms with Gasteiger partial charge in [0.15, 0.2) is 0 Å². The Labute approximate surface area is 83.4 Å². The molecule has 0 aromatic rings. The van der Waals surface area contributed by atoms with Gasteiger partial charge < -0.3 is 10.2 Å². The Kier molecular flexibility index (Phi) is 3.27. The summed E-state index contributed by atoms with van der Waals surface area (Å²) < 4.78 is -0.137. The first-order valence-electron chi connectivity index (χ1n) is 3.45. The summed E-state index contributed by atoms with van der Waals surface area (Å²) in [4.78, 5) is 21.3. The summed E-state index contributed by atoms with van der Waals surface area (Å²) >= 11 is 2.24. The van der Waals surface area contributed by atoms with Gasteiger partial charge in [0.05, 0.1) is 4.58 Å². The molecule has 0 amide bonds. The maximum atomic E-state index is 10.6. The molecule has 0 aromatic carbocycles. The zero-order valence-corrected chi connectivity index (χ0v) is 8.18. The maximum Gasteiger partial charge on any atom is 0.318 e. The highest BCUT2D eigenvalue weighted by Gasteiger charge is 2.43. The fraction of sp³-hybridized carbons (Fsp3) is 0.429. The van der Waals surface area contributed by atoms with E-state index in [1.165, 1.54) is 0 Å². The van der Waals surface area contributed by atoms with Gasteiger partial charge in [-0.1, -0.05) is 6.08 Å². The molecule has 0 aromatic heterocycles. The molecule has 1 heterocycles. The molecule has 0 radical (unpaired) electrons. The molecule has 1 aliphatic heterocycles. The molecule has 72 valence electrons. The third-order valence-electron chi connectivity index (χ3n) is 1.52. The molecule has 1 unspecified atom stereocenters. The van der Waals surface area contributed by atoms with E-state index in [0.29, 0.717) is 0 Å². The van der Waals surface area contributed by atoms with Crippen molar-refractivity contribution < 1.29 is 19.8 Å². The number of rotatable bonds is 3. The van der Waals surface area contributed by atoms with Gasteiger partial charge >= 0.3 is 11.9 Å². The monoisotopic (exact) mass is 220 g/mol. The van der Waals surface area contributed by atoms with Crippen molar-refractivity contribution in [1.29, 1.82) is 0 Å². The SMILES string of the molecule is C=CC1S[C@H](C(=O)O)[C@H](C(=O)O)S1. The van der Waals surface area contributed by atoms with Crippen LogP contribution in [0.1, 0.15) is 0 Å². The van der Waals surface area contributed by atoms with Crippen LogP contribution in [0, 0.1) is 0 Å². The molecular weight excluding hydrogens is 212 g/mol. The zero-order valence-electron chi connectivity index (χ0n) is 6.54. The summed E-state index contributed by atoms with van der Waals surface area (Å²) in [6.45, 7) is 3.50. The first kappa shape index (κ1) is 10.5. The Hall–Kier alpha value is -0.620. The van der Waals surface area contributed by atoms with Crippen LogP contribution in [0.15, 0.2) is 12.7 Å². The summed E-state index contributed by atoms with van der Waals surface area (Å²) in [6.07, 6.45) is 1.56. The largest absolute Gasteiger partial charge is 0.480 e. The molecular formula is C7H8O4S2. The molecule has 4 nitrogen and oxygen atoms in total. The van der Waals surface area contributed by atoms with Gasteiger partial charge in [0.25, 0.3) is 0 Å². The minimum atomic E-state index is -1.07. The Balaban J connectivity index is 2.76. The van der Waals surface area contributed by atoms with E-state index in [1.54, 1.807) is 6.08 Å². The normalized spacial score (nSPS) is 32.8. The van der Waals surface area contributed by atoms with Crippen LogP contribution in [0.2, 0.25) is 0 Å². The van der Waals surface area contributed by atoms with Crippen LogP contribution in [0.25, 0.3) is 0 Å². The predicted octanol–water partition coefficient (Wildman–Crippen LogP) is 0.885. The van der Waals surface area contributed by atoms with Gasteiger partial charge in [-0.2, -0.15) is 0 Å². The van der Waals surface area contributed by atoms with Gasteiger partial charge in [-0.25, -0.2) is 0 Å². The summed E-state index contributed by atoms with van der Waals surface area (Å²) in [7, 11) is 0. The van der Waals surface area contributed by atoms with Gasteiger partial charge in [0.2, 0.25) is 0 Å². The third-order valence-corrected chi connectivity index (χ3v) is 4.81. The first-order chi connectivity index (χ1) is 6.06. The smallest absolute Gasteiger partial charge is 0.318 e. The third kappa shape index (κ3) is 2.19. The first-order valence-corrected chi connectivity index (χ1v) is 5.34. The lowest BCUT2D eigenvalue weighted by molar-refractivity contribution is -0.142. The predicted molar refractivity (Wildman–Crippen MR) is 52.0 cm³/mol. The number of aliphatic carboxylic acids is 2. The molecule has 13 heavy (non-hydrogen) atoms. The van der Waals surface area contributed by atoms with Gasteiger partial charge in [-0.3, -0.25) is 9.59 Å². The lowest BCUT2D eigenvalue weighted by atomic mass is 10.3. The zero-order chi connectivity index (χ0) is 10.0. The molecule has 0 aliphatic carbocycles. The van der Waals surface area contributed by atoms with Crippen LogP contribution in [0.4, 0.5) is 0 Å². The molecule has 1 aliphatic rings. The molecule has 3 atom stereocenters. The molecule has 0 spiro atoms. The highest BCUT2D eigenvalue weighted by molar-refractivity contribution is 8.21. The van der Waals surface area contributed by atoms with Crippen molar-refractivity contribution in [2.45, 2.75) is 15.1 Å². The second-order valence-electron chi connectivity index (χ2n) is 2.39. The summed E-state index contributed by atoms with van der Waals surface area (Å²) in [5, 5.41) is 15.7. The van der Waals surface area contributed by atoms with E-state index in [2.05, 4.69) is 6.58 Å². The molecule has 0 bridgehead atoms. The van der Waals surface area contributed by atoms with E-state index >= 15 is 0 Å². The molecule has 2 N–H and O–H groups in total. The molecule has 6 heteroatoms. The summed E-state index contributed by atoms with van der Waals surface area (Å²) in [6, 6.07) is 0. The van der Waals surface area contributed by atoms with E-state index in [0.717, 1.165) is 23.5 Å². The van der Waals surface area contributed by atoms with E-state index in [-0.39, 0.29) is 4.58 Å². The van der Waals surface area contributed by atoms with Gasteiger partial charge in [0.1, 0.15) is 10.5 Å². The van der Waals surface area contributed by atoms with Crippen molar-refractivity contribution in [2.75, 3.05) is 0 Å². The Bertz CT molecular complexity index is 231. The number of hydrogen-bond acceptors (Lipinski definition) is 4. The van der Waals surface area contributed by atoms with Crippen molar-refractivity contribution in [3.05, 3.63) is 12.7 Å². The Morgan fingerprint density at radius 3 is 1.77 bits per heavy atom. The highest BCUT2D eigenvalue weighted by atomic mass is 32.2.